The van der Waals surface area contributed by atoms with Crippen LogP contribution in [-0.4, -0.2) is 17.5 Å². The minimum Gasteiger partial charge on any atom is -0.356 e. The van der Waals surface area contributed by atoms with Gasteiger partial charge in [0.15, 0.2) is 5.78 Å². The molecule has 0 N–H and O–H groups in total. The largest absolute Gasteiger partial charge is 0.356 e. The molecule has 1 aromatic rings. The van der Waals surface area contributed by atoms with Crippen molar-refractivity contribution in [3.63, 3.8) is 0 Å². The van der Waals surface area contributed by atoms with Gasteiger partial charge in [0.2, 0.25) is 0 Å². The number of thiophene rings is 1. The summed E-state index contributed by atoms with van der Waals surface area (Å²) in [6.07, 6.45) is 3.34. The Balaban J connectivity index is 1.88. The summed E-state index contributed by atoms with van der Waals surface area (Å²) in [5.41, 5.74) is 1.12. The lowest BCUT2D eigenvalue weighted by molar-refractivity contribution is -0.127. The second-order valence-corrected chi connectivity index (χ2v) is 8.06. The SMILES string of the molecule is CC1(C)CCC[C@]2(C)[C@H](c3ccsc3)C(=O)[C@H]3O[C@@]312. The number of epoxide rings is 1. The zero-order valence-electron chi connectivity index (χ0n) is 11.7. The summed E-state index contributed by atoms with van der Waals surface area (Å²) >= 11 is 1.69. The molecule has 19 heavy (non-hydrogen) atoms. The van der Waals surface area contributed by atoms with Gasteiger partial charge in [-0.25, -0.2) is 0 Å². The van der Waals surface area contributed by atoms with E-state index in [1.807, 2.05) is 0 Å². The van der Waals surface area contributed by atoms with Crippen molar-refractivity contribution in [2.24, 2.45) is 10.8 Å². The van der Waals surface area contributed by atoms with Crippen molar-refractivity contribution in [3.8, 4) is 0 Å². The molecule has 4 rings (SSSR count). The van der Waals surface area contributed by atoms with Crippen LogP contribution in [0.25, 0.3) is 0 Å². The lowest BCUT2D eigenvalue weighted by Gasteiger charge is -2.49. The fourth-order valence-electron chi connectivity index (χ4n) is 5.20. The van der Waals surface area contributed by atoms with E-state index in [0.29, 0.717) is 5.78 Å². The normalized spacial score (nSPS) is 46.8. The molecule has 2 saturated carbocycles. The van der Waals surface area contributed by atoms with Crippen LogP contribution in [0.15, 0.2) is 16.8 Å². The maximum absolute atomic E-state index is 12.8. The van der Waals surface area contributed by atoms with Gasteiger partial charge in [0.1, 0.15) is 11.7 Å². The van der Waals surface area contributed by atoms with E-state index in [1.165, 1.54) is 18.4 Å². The molecule has 4 atom stereocenters. The minimum absolute atomic E-state index is 0.0163. The number of carbonyl (C=O) groups excluding carboxylic acids is 1. The first kappa shape index (κ1) is 12.1. The Kier molecular flexibility index (Phi) is 2.11. The van der Waals surface area contributed by atoms with Gasteiger partial charge in [-0.15, -0.1) is 0 Å². The molecule has 3 fully saturated rings. The van der Waals surface area contributed by atoms with Gasteiger partial charge in [-0.3, -0.25) is 4.79 Å². The smallest absolute Gasteiger partial charge is 0.172 e. The van der Waals surface area contributed by atoms with E-state index in [9.17, 15) is 4.79 Å². The highest BCUT2D eigenvalue weighted by Crippen LogP contribution is 2.75. The predicted molar refractivity (Wildman–Crippen MR) is 75.4 cm³/mol. The average molecular weight is 276 g/mol. The molecule has 1 saturated heterocycles. The van der Waals surface area contributed by atoms with Crippen LogP contribution in [0.2, 0.25) is 0 Å². The summed E-state index contributed by atoms with van der Waals surface area (Å²) in [6, 6.07) is 2.12. The summed E-state index contributed by atoms with van der Waals surface area (Å²) in [4.78, 5) is 12.8. The number of ether oxygens (including phenoxy) is 1. The Labute approximate surface area is 118 Å². The fourth-order valence-corrected chi connectivity index (χ4v) is 5.88. The molecule has 2 heterocycles. The van der Waals surface area contributed by atoms with Crippen LogP contribution < -0.4 is 0 Å². The predicted octanol–water partition coefficient (Wildman–Crippen LogP) is 3.77. The van der Waals surface area contributed by atoms with E-state index < -0.39 is 0 Å². The molecular weight excluding hydrogens is 256 g/mol. The van der Waals surface area contributed by atoms with E-state index in [0.717, 1.165) is 6.42 Å². The van der Waals surface area contributed by atoms with E-state index in [-0.39, 0.29) is 28.5 Å². The molecule has 0 bridgehead atoms. The number of hydrogen-bond donors (Lipinski definition) is 0. The average Bonchev–Trinajstić information content (AvgIpc) is 2.84. The molecule has 1 aromatic heterocycles. The number of hydrogen-bond acceptors (Lipinski definition) is 3. The van der Waals surface area contributed by atoms with Crippen LogP contribution in [0.5, 0.6) is 0 Å². The third kappa shape index (κ3) is 1.16. The van der Waals surface area contributed by atoms with Crippen LogP contribution in [0, 0.1) is 10.8 Å². The third-order valence-corrected chi connectivity index (χ3v) is 6.73. The number of Topliss-reactive ketones (excluding diaryl/α,β-unsaturated/α-hetero) is 1. The molecule has 0 aromatic carbocycles. The Morgan fingerprint density at radius 3 is 2.79 bits per heavy atom. The van der Waals surface area contributed by atoms with Crippen LogP contribution in [0.4, 0.5) is 0 Å². The highest BCUT2D eigenvalue weighted by Gasteiger charge is 2.84. The number of carbonyl (C=O) groups is 1. The summed E-state index contributed by atoms with van der Waals surface area (Å²) in [6.45, 7) is 6.86. The van der Waals surface area contributed by atoms with Crippen molar-refractivity contribution >= 4 is 17.1 Å². The molecule has 102 valence electrons. The van der Waals surface area contributed by atoms with Crippen molar-refractivity contribution in [3.05, 3.63) is 22.4 Å². The van der Waals surface area contributed by atoms with E-state index >= 15 is 0 Å². The van der Waals surface area contributed by atoms with Crippen LogP contribution in [-0.2, 0) is 9.53 Å². The molecular formula is C16H20O2S. The summed E-state index contributed by atoms with van der Waals surface area (Å²) < 4.78 is 6.06. The Hall–Kier alpha value is -0.670. The van der Waals surface area contributed by atoms with Crippen LogP contribution in [0.1, 0.15) is 51.5 Å². The first-order valence-corrected chi connectivity index (χ1v) is 8.12. The second-order valence-electron chi connectivity index (χ2n) is 7.28. The summed E-state index contributed by atoms with van der Waals surface area (Å²) in [5, 5.41) is 4.23. The Morgan fingerprint density at radius 1 is 1.32 bits per heavy atom. The quantitative estimate of drug-likeness (QED) is 0.731. The Bertz CT molecular complexity index is 547. The molecule has 0 unspecified atom stereocenters. The van der Waals surface area contributed by atoms with Gasteiger partial charge in [0.05, 0.1) is 5.92 Å². The molecule has 3 heteroatoms. The van der Waals surface area contributed by atoms with Gasteiger partial charge in [-0.2, -0.15) is 11.3 Å². The highest BCUT2D eigenvalue weighted by atomic mass is 32.1. The summed E-state index contributed by atoms with van der Waals surface area (Å²) in [5.74, 6) is 0.382. The maximum Gasteiger partial charge on any atom is 0.172 e. The highest BCUT2D eigenvalue weighted by molar-refractivity contribution is 7.08. The molecule has 1 spiro atoms. The zero-order valence-corrected chi connectivity index (χ0v) is 12.5. The van der Waals surface area contributed by atoms with Crippen LogP contribution >= 0.6 is 11.3 Å². The van der Waals surface area contributed by atoms with Gasteiger partial charge >= 0.3 is 0 Å². The molecule has 2 aliphatic carbocycles. The second kappa shape index (κ2) is 3.32. The van der Waals surface area contributed by atoms with Gasteiger partial charge in [-0.1, -0.05) is 27.2 Å². The molecule has 0 amide bonds. The van der Waals surface area contributed by atoms with E-state index in [1.54, 1.807) is 11.3 Å². The third-order valence-electron chi connectivity index (χ3n) is 6.02. The monoisotopic (exact) mass is 276 g/mol. The first-order chi connectivity index (χ1) is 8.94. The summed E-state index contributed by atoms with van der Waals surface area (Å²) in [7, 11) is 0. The zero-order chi connectivity index (χ0) is 13.5. The maximum atomic E-state index is 12.8. The lowest BCUT2D eigenvalue weighted by atomic mass is 9.54. The fraction of sp³-hybridized carbons (Fsp3) is 0.688. The molecule has 2 nitrogen and oxygen atoms in total. The Morgan fingerprint density at radius 2 is 2.11 bits per heavy atom. The van der Waals surface area contributed by atoms with Gasteiger partial charge in [0.25, 0.3) is 0 Å². The molecule has 1 aliphatic heterocycles. The van der Waals surface area contributed by atoms with Gasteiger partial charge in [0, 0.05) is 5.41 Å². The number of ketones is 1. The standard InChI is InChI=1S/C16H20O2S/c1-14(2)6-4-7-15(3)11(10-5-8-19-9-10)12(17)13-16(14,15)18-13/h5,8-9,11,13H,4,6-7H2,1-3H3/t11-,13-,15-,16+/m1/s1. The molecule has 0 radical (unpaired) electrons. The van der Waals surface area contributed by atoms with Crippen molar-refractivity contribution in [1.29, 1.82) is 0 Å². The topological polar surface area (TPSA) is 29.6 Å². The van der Waals surface area contributed by atoms with E-state index in [2.05, 4.69) is 37.6 Å². The van der Waals surface area contributed by atoms with Crippen molar-refractivity contribution < 1.29 is 9.53 Å². The first-order valence-electron chi connectivity index (χ1n) is 7.18. The van der Waals surface area contributed by atoms with Gasteiger partial charge in [-0.05, 0) is 40.6 Å². The van der Waals surface area contributed by atoms with Crippen molar-refractivity contribution in [2.75, 3.05) is 0 Å². The van der Waals surface area contributed by atoms with Crippen molar-refractivity contribution in [2.45, 2.75) is 57.7 Å². The minimum atomic E-state index is -0.193. The molecule has 3 aliphatic rings. The number of rotatable bonds is 1. The van der Waals surface area contributed by atoms with Crippen LogP contribution in [0.3, 0.4) is 0 Å². The van der Waals surface area contributed by atoms with Crippen molar-refractivity contribution in [1.82, 2.24) is 0 Å². The van der Waals surface area contributed by atoms with E-state index in [4.69, 9.17) is 4.74 Å². The lowest BCUT2D eigenvalue weighted by Crippen LogP contribution is -2.50. The van der Waals surface area contributed by atoms with Gasteiger partial charge < -0.3 is 4.74 Å².